The molecule has 1 aliphatic rings. The lowest BCUT2D eigenvalue weighted by atomic mass is 10.1. The summed E-state index contributed by atoms with van der Waals surface area (Å²) in [6, 6.07) is 6.11. The van der Waals surface area contributed by atoms with Gasteiger partial charge in [0.25, 0.3) is 5.56 Å². The van der Waals surface area contributed by atoms with Crippen LogP contribution in [-0.2, 0) is 17.6 Å². The van der Waals surface area contributed by atoms with Gasteiger partial charge in [-0.1, -0.05) is 19.4 Å². The van der Waals surface area contributed by atoms with Gasteiger partial charge in [-0.05, 0) is 56.9 Å². The van der Waals surface area contributed by atoms with Crippen LogP contribution in [0, 0.1) is 13.8 Å². The Morgan fingerprint density at radius 1 is 1.24 bits per heavy atom. The third kappa shape index (κ3) is 5.37. The van der Waals surface area contributed by atoms with Gasteiger partial charge in [0, 0.05) is 30.8 Å². The molecule has 2 N–H and O–H groups in total. The van der Waals surface area contributed by atoms with Crippen molar-refractivity contribution in [2.24, 2.45) is 0 Å². The third-order valence-electron chi connectivity index (χ3n) is 5.09. The number of fused-ring (bicyclic) bond motifs is 1. The highest BCUT2D eigenvalue weighted by atomic mass is 16.6. The van der Waals surface area contributed by atoms with Crippen molar-refractivity contribution in [1.29, 1.82) is 0 Å². The van der Waals surface area contributed by atoms with Crippen LogP contribution in [0.5, 0.6) is 0 Å². The Bertz CT molecular complexity index is 918. The lowest BCUT2D eigenvalue weighted by Gasteiger charge is -2.22. The smallest absolute Gasteiger partial charge is 0.410 e. The summed E-state index contributed by atoms with van der Waals surface area (Å²) in [4.78, 5) is 34.2. The molecule has 0 saturated heterocycles. The first-order valence-corrected chi connectivity index (χ1v) is 10.3. The van der Waals surface area contributed by atoms with Crippen molar-refractivity contribution >= 4 is 17.7 Å². The van der Waals surface area contributed by atoms with E-state index in [1.54, 1.807) is 4.90 Å². The van der Waals surface area contributed by atoms with Gasteiger partial charge in [-0.3, -0.25) is 9.78 Å². The number of aromatic amines is 1. The fraction of sp³-hybridized carbons (Fsp3) is 0.500. The fourth-order valence-electron chi connectivity index (χ4n) is 3.75. The van der Waals surface area contributed by atoms with Gasteiger partial charge in [0.15, 0.2) is 0 Å². The molecule has 1 aromatic carbocycles. The molecule has 2 heterocycles. The predicted octanol–water partition coefficient (Wildman–Crippen LogP) is 3.86. The molecule has 1 atom stereocenters. The quantitative estimate of drug-likeness (QED) is 0.799. The minimum absolute atomic E-state index is 0.103. The zero-order chi connectivity index (χ0) is 21.0. The molecule has 0 radical (unpaired) electrons. The van der Waals surface area contributed by atoms with E-state index in [0.29, 0.717) is 37.4 Å². The van der Waals surface area contributed by atoms with Gasteiger partial charge in [-0.2, -0.15) is 0 Å². The highest BCUT2D eigenvalue weighted by Crippen LogP contribution is 2.19. The standard InChI is InChI=1S/C22H30N4O3/c1-5-6-16(4)29-22(28)26-9-7-18-19(8-10-26)24-21(25-20(18)27)23-17-12-14(2)11-15(3)13-17/h11-13,16H,5-10H2,1-4H3,(H2,23,24,25,27). The summed E-state index contributed by atoms with van der Waals surface area (Å²) in [6.07, 6.45) is 2.39. The molecule has 0 aliphatic carbocycles. The molecular weight excluding hydrogens is 368 g/mol. The maximum Gasteiger partial charge on any atom is 0.410 e. The summed E-state index contributed by atoms with van der Waals surface area (Å²) < 4.78 is 5.51. The molecule has 1 aliphatic heterocycles. The molecule has 7 heteroatoms. The molecule has 0 bridgehead atoms. The predicted molar refractivity (Wildman–Crippen MR) is 114 cm³/mol. The first kappa shape index (κ1) is 20.9. The summed E-state index contributed by atoms with van der Waals surface area (Å²) in [6.45, 7) is 8.98. The molecule has 7 nitrogen and oxygen atoms in total. The number of carbonyl (C=O) groups excluding carboxylic acids is 1. The molecule has 29 heavy (non-hydrogen) atoms. The number of anilines is 2. The van der Waals surface area contributed by atoms with E-state index in [1.165, 1.54) is 0 Å². The van der Waals surface area contributed by atoms with Crippen LogP contribution >= 0.6 is 0 Å². The SMILES string of the molecule is CCCC(C)OC(=O)N1CCc2nc(Nc3cc(C)cc(C)c3)[nH]c(=O)c2CC1. The van der Waals surface area contributed by atoms with E-state index >= 15 is 0 Å². The van der Waals surface area contributed by atoms with Gasteiger partial charge in [0.1, 0.15) is 6.10 Å². The van der Waals surface area contributed by atoms with Crippen molar-refractivity contribution in [3.8, 4) is 0 Å². The van der Waals surface area contributed by atoms with Crippen LogP contribution in [0.3, 0.4) is 0 Å². The summed E-state index contributed by atoms with van der Waals surface area (Å²) in [5.74, 6) is 0.423. The Hall–Kier alpha value is -2.83. The number of nitrogens with one attached hydrogen (secondary N) is 2. The average Bonchev–Trinajstić information content (AvgIpc) is 2.84. The molecule has 1 amide bonds. The zero-order valence-corrected chi connectivity index (χ0v) is 17.7. The highest BCUT2D eigenvalue weighted by Gasteiger charge is 2.23. The maximum absolute atomic E-state index is 12.6. The largest absolute Gasteiger partial charge is 0.446 e. The number of aromatic nitrogens is 2. The fourth-order valence-corrected chi connectivity index (χ4v) is 3.75. The second-order valence-electron chi connectivity index (χ2n) is 7.81. The molecule has 1 unspecified atom stereocenters. The van der Waals surface area contributed by atoms with E-state index in [2.05, 4.69) is 28.3 Å². The summed E-state index contributed by atoms with van der Waals surface area (Å²) in [5.41, 5.74) is 4.38. The zero-order valence-electron chi connectivity index (χ0n) is 17.7. The van der Waals surface area contributed by atoms with Crippen molar-refractivity contribution in [2.45, 2.75) is 59.5 Å². The van der Waals surface area contributed by atoms with Crippen LogP contribution in [0.1, 0.15) is 49.1 Å². The minimum Gasteiger partial charge on any atom is -0.446 e. The molecular formula is C22H30N4O3. The van der Waals surface area contributed by atoms with Crippen LogP contribution in [0.25, 0.3) is 0 Å². The number of rotatable bonds is 5. The van der Waals surface area contributed by atoms with E-state index in [9.17, 15) is 9.59 Å². The van der Waals surface area contributed by atoms with Gasteiger partial charge in [-0.25, -0.2) is 9.78 Å². The van der Waals surface area contributed by atoms with Crippen molar-refractivity contribution in [3.05, 3.63) is 50.9 Å². The Morgan fingerprint density at radius 3 is 2.62 bits per heavy atom. The van der Waals surface area contributed by atoms with Gasteiger partial charge < -0.3 is 15.0 Å². The molecule has 0 saturated carbocycles. The number of amides is 1. The number of benzene rings is 1. The Morgan fingerprint density at radius 2 is 1.93 bits per heavy atom. The summed E-state index contributed by atoms with van der Waals surface area (Å²) >= 11 is 0. The molecule has 3 rings (SSSR count). The van der Waals surface area contributed by atoms with Crippen LogP contribution < -0.4 is 10.9 Å². The second-order valence-corrected chi connectivity index (χ2v) is 7.81. The lowest BCUT2D eigenvalue weighted by Crippen LogP contribution is -2.35. The van der Waals surface area contributed by atoms with E-state index in [4.69, 9.17) is 4.74 Å². The van der Waals surface area contributed by atoms with E-state index < -0.39 is 0 Å². The number of hydrogen-bond acceptors (Lipinski definition) is 5. The number of carbonyl (C=O) groups is 1. The number of nitrogens with zero attached hydrogens (tertiary/aromatic N) is 2. The normalized spacial score (nSPS) is 14.7. The maximum atomic E-state index is 12.6. The minimum atomic E-state index is -0.316. The number of ether oxygens (including phenoxy) is 1. The monoisotopic (exact) mass is 398 g/mol. The van der Waals surface area contributed by atoms with E-state index in [0.717, 1.165) is 35.3 Å². The molecule has 1 aromatic heterocycles. The van der Waals surface area contributed by atoms with Gasteiger partial charge in [0.05, 0.1) is 5.69 Å². The van der Waals surface area contributed by atoms with Gasteiger partial charge >= 0.3 is 6.09 Å². The number of aryl methyl sites for hydroxylation is 2. The average molecular weight is 399 g/mol. The topological polar surface area (TPSA) is 87.3 Å². The Balaban J connectivity index is 1.73. The number of H-pyrrole nitrogens is 1. The lowest BCUT2D eigenvalue weighted by molar-refractivity contribution is 0.0673. The van der Waals surface area contributed by atoms with Crippen molar-refractivity contribution < 1.29 is 9.53 Å². The van der Waals surface area contributed by atoms with Crippen LogP contribution in [0.4, 0.5) is 16.4 Å². The molecule has 0 spiro atoms. The Labute approximate surface area is 171 Å². The van der Waals surface area contributed by atoms with Crippen molar-refractivity contribution in [1.82, 2.24) is 14.9 Å². The first-order valence-electron chi connectivity index (χ1n) is 10.3. The van der Waals surface area contributed by atoms with Crippen molar-refractivity contribution in [3.63, 3.8) is 0 Å². The molecule has 0 fully saturated rings. The van der Waals surface area contributed by atoms with Gasteiger partial charge in [0.2, 0.25) is 5.95 Å². The second kappa shape index (κ2) is 9.11. The van der Waals surface area contributed by atoms with Crippen molar-refractivity contribution in [2.75, 3.05) is 18.4 Å². The Kier molecular flexibility index (Phi) is 6.56. The van der Waals surface area contributed by atoms with E-state index in [1.807, 2.05) is 32.9 Å². The molecule has 2 aromatic rings. The summed E-state index contributed by atoms with van der Waals surface area (Å²) in [5, 5.41) is 3.20. The summed E-state index contributed by atoms with van der Waals surface area (Å²) in [7, 11) is 0. The van der Waals surface area contributed by atoms with Crippen LogP contribution in [-0.4, -0.2) is 40.2 Å². The van der Waals surface area contributed by atoms with E-state index in [-0.39, 0.29) is 17.8 Å². The first-order chi connectivity index (χ1) is 13.9. The van der Waals surface area contributed by atoms with Crippen LogP contribution in [0.15, 0.2) is 23.0 Å². The number of hydrogen-bond donors (Lipinski definition) is 2. The van der Waals surface area contributed by atoms with Crippen LogP contribution in [0.2, 0.25) is 0 Å². The van der Waals surface area contributed by atoms with Gasteiger partial charge in [-0.15, -0.1) is 0 Å². The molecule has 156 valence electrons. The highest BCUT2D eigenvalue weighted by molar-refractivity contribution is 5.68. The third-order valence-corrected chi connectivity index (χ3v) is 5.09.